The first-order valence-corrected chi connectivity index (χ1v) is 11.7. The Labute approximate surface area is 177 Å². The predicted molar refractivity (Wildman–Crippen MR) is 119 cm³/mol. The zero-order valence-electron chi connectivity index (χ0n) is 15.1. The van der Waals surface area contributed by atoms with Crippen LogP contribution in [0.1, 0.15) is 9.67 Å². The molecule has 10 heteroatoms. The minimum absolute atomic E-state index is 0.116. The van der Waals surface area contributed by atoms with E-state index in [1.807, 2.05) is 40.2 Å². The number of imidazole rings is 1. The summed E-state index contributed by atoms with van der Waals surface area (Å²) in [5.41, 5.74) is 2.70. The van der Waals surface area contributed by atoms with Gasteiger partial charge in [0.2, 0.25) is 0 Å². The zero-order valence-corrected chi connectivity index (χ0v) is 17.6. The molecule has 1 aromatic carbocycles. The van der Waals surface area contributed by atoms with E-state index in [2.05, 4.69) is 15.2 Å². The number of hydrogen-bond acceptors (Lipinski definition) is 8. The molecule has 7 nitrogen and oxygen atoms in total. The fourth-order valence-corrected chi connectivity index (χ4v) is 6.18. The summed E-state index contributed by atoms with van der Waals surface area (Å²) >= 11 is 4.65. The number of carbonyl (C=O) groups is 1. The number of morpholine rings is 1. The largest absolute Gasteiger partial charge is 0.378 e. The Morgan fingerprint density at radius 1 is 1.14 bits per heavy atom. The van der Waals surface area contributed by atoms with Gasteiger partial charge in [-0.15, -0.1) is 22.7 Å². The van der Waals surface area contributed by atoms with E-state index in [9.17, 15) is 4.79 Å². The lowest BCUT2D eigenvalue weighted by atomic mass is 10.3. The molecular formula is C19H15N5O2S3. The Kier molecular flexibility index (Phi) is 4.05. The summed E-state index contributed by atoms with van der Waals surface area (Å²) in [6, 6.07) is 7.76. The highest BCUT2D eigenvalue weighted by molar-refractivity contribution is 7.22. The highest BCUT2D eigenvalue weighted by Gasteiger charge is 2.17. The lowest BCUT2D eigenvalue weighted by molar-refractivity contribution is 0.103. The number of carbonyl (C=O) groups excluding carboxylic acids is 1. The number of ether oxygens (including phenoxy) is 1. The van der Waals surface area contributed by atoms with Crippen LogP contribution in [0.5, 0.6) is 0 Å². The van der Waals surface area contributed by atoms with Crippen molar-refractivity contribution in [1.82, 2.24) is 14.4 Å². The lowest BCUT2D eigenvalue weighted by Crippen LogP contribution is -2.36. The average Bonchev–Trinajstić information content (AvgIpc) is 3.49. The van der Waals surface area contributed by atoms with Crippen molar-refractivity contribution < 1.29 is 9.53 Å². The van der Waals surface area contributed by atoms with Crippen LogP contribution in [-0.2, 0) is 4.74 Å². The van der Waals surface area contributed by atoms with E-state index in [0.29, 0.717) is 4.88 Å². The molecule has 146 valence electrons. The lowest BCUT2D eigenvalue weighted by Gasteiger charge is -2.25. The Morgan fingerprint density at radius 3 is 2.93 bits per heavy atom. The zero-order chi connectivity index (χ0) is 19.4. The van der Waals surface area contributed by atoms with Gasteiger partial charge in [0, 0.05) is 30.4 Å². The summed E-state index contributed by atoms with van der Waals surface area (Å²) in [7, 11) is 0. The topological polar surface area (TPSA) is 71.8 Å². The van der Waals surface area contributed by atoms with E-state index < -0.39 is 0 Å². The first-order chi connectivity index (χ1) is 14.2. The van der Waals surface area contributed by atoms with Crippen LogP contribution in [0.3, 0.4) is 0 Å². The monoisotopic (exact) mass is 441 g/mol. The molecule has 0 spiro atoms. The normalized spacial score (nSPS) is 15.0. The van der Waals surface area contributed by atoms with E-state index in [1.165, 1.54) is 11.3 Å². The van der Waals surface area contributed by atoms with Crippen molar-refractivity contribution in [1.29, 1.82) is 0 Å². The van der Waals surface area contributed by atoms with Crippen molar-refractivity contribution >= 4 is 76.3 Å². The van der Waals surface area contributed by atoms with Gasteiger partial charge in [-0.25, -0.2) is 9.97 Å². The molecule has 5 aromatic rings. The number of hydrogen-bond donors (Lipinski definition) is 1. The number of nitrogens with zero attached hydrogens (tertiary/aromatic N) is 4. The number of amides is 1. The second-order valence-electron chi connectivity index (χ2n) is 6.70. The van der Waals surface area contributed by atoms with Crippen LogP contribution in [0, 0.1) is 0 Å². The standard InChI is InChI=1S/C19H15N5O2S3/c25-16(15-10-13-17(28-15)22-19-24(13)5-8-27-19)20-11-1-2-12-14(9-11)29-18(21-12)23-3-6-26-7-4-23/h1-2,5,8-10H,3-4,6-7H2,(H,20,25). The molecule has 1 saturated heterocycles. The number of aromatic nitrogens is 3. The molecule has 1 aliphatic heterocycles. The molecule has 0 atom stereocenters. The quantitative estimate of drug-likeness (QED) is 0.452. The molecule has 4 aromatic heterocycles. The van der Waals surface area contributed by atoms with Crippen molar-refractivity contribution in [3.63, 3.8) is 0 Å². The summed E-state index contributed by atoms with van der Waals surface area (Å²) < 4.78 is 8.50. The van der Waals surface area contributed by atoms with E-state index in [0.717, 1.165) is 62.6 Å². The predicted octanol–water partition coefficient (Wildman–Crippen LogP) is 4.31. The van der Waals surface area contributed by atoms with E-state index >= 15 is 0 Å². The summed E-state index contributed by atoms with van der Waals surface area (Å²) in [5, 5.41) is 6.01. The third-order valence-electron chi connectivity index (χ3n) is 4.88. The van der Waals surface area contributed by atoms with Gasteiger partial charge >= 0.3 is 0 Å². The highest BCUT2D eigenvalue weighted by atomic mass is 32.1. The Morgan fingerprint density at radius 2 is 2.03 bits per heavy atom. The molecule has 0 unspecified atom stereocenters. The number of thiophene rings is 1. The molecule has 5 heterocycles. The number of anilines is 2. The van der Waals surface area contributed by atoms with E-state index in [4.69, 9.17) is 9.72 Å². The molecular weight excluding hydrogens is 426 g/mol. The van der Waals surface area contributed by atoms with Gasteiger partial charge in [0.1, 0.15) is 4.83 Å². The Bertz CT molecular complexity index is 1360. The fraction of sp³-hybridized carbons (Fsp3) is 0.211. The van der Waals surface area contributed by atoms with Crippen LogP contribution in [0.25, 0.3) is 25.5 Å². The van der Waals surface area contributed by atoms with Crippen LogP contribution >= 0.6 is 34.0 Å². The maximum atomic E-state index is 12.8. The van der Waals surface area contributed by atoms with Crippen molar-refractivity contribution in [2.45, 2.75) is 0 Å². The van der Waals surface area contributed by atoms with Crippen LogP contribution in [0.15, 0.2) is 35.8 Å². The molecule has 6 rings (SSSR count). The molecule has 1 fully saturated rings. The van der Waals surface area contributed by atoms with Gasteiger partial charge in [0.25, 0.3) is 5.91 Å². The minimum atomic E-state index is -0.116. The first kappa shape index (κ1) is 17.3. The molecule has 29 heavy (non-hydrogen) atoms. The average molecular weight is 442 g/mol. The second-order valence-corrected chi connectivity index (χ2v) is 9.61. The first-order valence-electron chi connectivity index (χ1n) is 9.14. The van der Waals surface area contributed by atoms with Gasteiger partial charge in [0.15, 0.2) is 10.1 Å². The van der Waals surface area contributed by atoms with Crippen molar-refractivity contribution in [2.24, 2.45) is 0 Å². The van der Waals surface area contributed by atoms with Gasteiger partial charge < -0.3 is 15.0 Å². The smallest absolute Gasteiger partial charge is 0.265 e. The summed E-state index contributed by atoms with van der Waals surface area (Å²) in [4.78, 5) is 26.8. The van der Waals surface area contributed by atoms with Gasteiger partial charge in [-0.05, 0) is 24.3 Å². The summed E-state index contributed by atoms with van der Waals surface area (Å²) in [6.45, 7) is 3.20. The SMILES string of the molecule is O=C(Nc1ccc2nc(N3CCOCC3)sc2c1)c1cc2c(nc3sccn32)s1. The van der Waals surface area contributed by atoms with E-state index in [1.54, 1.807) is 22.7 Å². The molecule has 1 N–H and O–H groups in total. The Balaban J connectivity index is 1.26. The number of benzene rings is 1. The highest BCUT2D eigenvalue weighted by Crippen LogP contribution is 2.32. The molecule has 1 amide bonds. The number of thiazole rings is 2. The molecule has 1 aliphatic rings. The minimum Gasteiger partial charge on any atom is -0.378 e. The van der Waals surface area contributed by atoms with Crippen LogP contribution in [-0.4, -0.2) is 46.6 Å². The van der Waals surface area contributed by atoms with Gasteiger partial charge in [-0.3, -0.25) is 9.20 Å². The van der Waals surface area contributed by atoms with Gasteiger partial charge in [-0.1, -0.05) is 11.3 Å². The van der Waals surface area contributed by atoms with E-state index in [-0.39, 0.29) is 5.91 Å². The van der Waals surface area contributed by atoms with Crippen LogP contribution in [0.4, 0.5) is 10.8 Å². The molecule has 0 aliphatic carbocycles. The third-order valence-corrected chi connectivity index (χ3v) is 7.73. The Hall–Kier alpha value is -2.53. The maximum Gasteiger partial charge on any atom is 0.265 e. The summed E-state index contributed by atoms with van der Waals surface area (Å²) in [5.74, 6) is -0.116. The number of fused-ring (bicyclic) bond motifs is 4. The molecule has 0 radical (unpaired) electrons. The fourth-order valence-electron chi connectivity index (χ4n) is 3.43. The third kappa shape index (κ3) is 2.99. The van der Waals surface area contributed by atoms with Crippen molar-refractivity contribution in [3.8, 4) is 0 Å². The van der Waals surface area contributed by atoms with Crippen molar-refractivity contribution in [3.05, 3.63) is 40.7 Å². The second kappa shape index (κ2) is 6.77. The van der Waals surface area contributed by atoms with Crippen molar-refractivity contribution in [2.75, 3.05) is 36.5 Å². The number of nitrogens with one attached hydrogen (secondary N) is 1. The van der Waals surface area contributed by atoms with Gasteiger partial charge in [0.05, 0.1) is 33.8 Å². The van der Waals surface area contributed by atoms with Gasteiger partial charge in [-0.2, -0.15) is 0 Å². The summed E-state index contributed by atoms with van der Waals surface area (Å²) in [6.07, 6.45) is 1.98. The maximum absolute atomic E-state index is 12.8. The molecule has 0 saturated carbocycles. The molecule has 0 bridgehead atoms. The van der Waals surface area contributed by atoms with Crippen LogP contribution in [0.2, 0.25) is 0 Å². The number of rotatable bonds is 3. The van der Waals surface area contributed by atoms with Crippen LogP contribution < -0.4 is 10.2 Å².